The van der Waals surface area contributed by atoms with E-state index in [1.807, 2.05) is 48.7 Å². The van der Waals surface area contributed by atoms with Crippen LogP contribution >= 0.6 is 11.3 Å². The molecule has 0 radical (unpaired) electrons. The Kier molecular flexibility index (Phi) is 3.65. The van der Waals surface area contributed by atoms with Gasteiger partial charge in [-0.3, -0.25) is 14.5 Å². The number of hydrogen-bond acceptors (Lipinski definition) is 5. The molecule has 0 spiro atoms. The summed E-state index contributed by atoms with van der Waals surface area (Å²) in [4.78, 5) is 16.0. The van der Waals surface area contributed by atoms with E-state index in [4.69, 9.17) is 4.74 Å². The Morgan fingerprint density at radius 2 is 1.96 bits per heavy atom. The third-order valence-corrected chi connectivity index (χ3v) is 4.83. The van der Waals surface area contributed by atoms with Crippen molar-refractivity contribution in [2.45, 2.75) is 20.0 Å². The summed E-state index contributed by atoms with van der Waals surface area (Å²) in [5.41, 5.74) is 2.88. The first-order chi connectivity index (χ1) is 12.0. The van der Waals surface area contributed by atoms with Gasteiger partial charge in [-0.2, -0.15) is 0 Å². The molecule has 0 saturated carbocycles. The number of nitro groups is 1. The lowest BCUT2D eigenvalue weighted by molar-refractivity contribution is -0.384. The molecule has 0 N–H and O–H groups in total. The number of non-ortho nitro benzene ring substituents is 1. The molecule has 6 nitrogen and oxygen atoms in total. The van der Waals surface area contributed by atoms with E-state index in [9.17, 15) is 10.1 Å². The Bertz CT molecular complexity index is 1080. The Hall–Kier alpha value is -2.93. The van der Waals surface area contributed by atoms with E-state index in [1.54, 1.807) is 12.1 Å². The zero-order chi connectivity index (χ0) is 17.6. The molecule has 0 amide bonds. The summed E-state index contributed by atoms with van der Waals surface area (Å²) in [6.07, 6.45) is 2.09. The number of hydrogen-bond donors (Lipinski definition) is 0. The van der Waals surface area contributed by atoms with Gasteiger partial charge in [0.2, 0.25) is 0 Å². The number of benzene rings is 2. The van der Waals surface area contributed by atoms with E-state index >= 15 is 0 Å². The summed E-state index contributed by atoms with van der Waals surface area (Å²) in [5.74, 6) is 0.831. The van der Waals surface area contributed by atoms with E-state index in [1.165, 1.54) is 17.4 Å². The first kappa shape index (κ1) is 15.6. The molecule has 126 valence electrons. The smallest absolute Gasteiger partial charge is 0.270 e. The van der Waals surface area contributed by atoms with Crippen molar-refractivity contribution >= 4 is 32.2 Å². The van der Waals surface area contributed by atoms with E-state index < -0.39 is 0 Å². The largest absolute Gasteiger partial charge is 0.491 e. The fourth-order valence-electron chi connectivity index (χ4n) is 2.72. The summed E-state index contributed by atoms with van der Waals surface area (Å²) < 4.78 is 8.48. The molecule has 0 fully saturated rings. The first-order valence-electron chi connectivity index (χ1n) is 7.84. The molecule has 0 saturated heterocycles. The minimum Gasteiger partial charge on any atom is -0.491 e. The lowest BCUT2D eigenvalue weighted by atomic mass is 10.1. The molecule has 2 aromatic carbocycles. The lowest BCUT2D eigenvalue weighted by Crippen LogP contribution is -2.05. The maximum absolute atomic E-state index is 10.9. The molecule has 0 unspecified atom stereocenters. The van der Waals surface area contributed by atoms with Crippen molar-refractivity contribution in [3.8, 4) is 17.0 Å². The van der Waals surface area contributed by atoms with Gasteiger partial charge in [-0.15, -0.1) is 0 Å². The van der Waals surface area contributed by atoms with Crippen molar-refractivity contribution in [2.24, 2.45) is 0 Å². The van der Waals surface area contributed by atoms with Crippen LogP contribution in [0.5, 0.6) is 5.75 Å². The van der Waals surface area contributed by atoms with Crippen molar-refractivity contribution in [1.82, 2.24) is 9.38 Å². The fourth-order valence-corrected chi connectivity index (χ4v) is 3.76. The number of ether oxygens (including phenoxy) is 1. The van der Waals surface area contributed by atoms with Crippen molar-refractivity contribution in [2.75, 3.05) is 0 Å². The minimum atomic E-state index is -0.381. The maximum Gasteiger partial charge on any atom is 0.270 e. The van der Waals surface area contributed by atoms with Gasteiger partial charge in [-0.1, -0.05) is 11.3 Å². The average Bonchev–Trinajstić information content (AvgIpc) is 3.12. The van der Waals surface area contributed by atoms with Crippen LogP contribution in [0.25, 0.3) is 26.4 Å². The number of fused-ring (bicyclic) bond motifs is 3. The summed E-state index contributed by atoms with van der Waals surface area (Å²) in [7, 11) is 0. The SMILES string of the molecule is CC(C)Oc1ccc(-c2cn3c(n2)sc2cc([N+](=O)[O-])ccc23)cc1. The number of nitro benzene ring substituents is 1. The van der Waals surface area contributed by atoms with E-state index in [2.05, 4.69) is 4.98 Å². The van der Waals surface area contributed by atoms with E-state index in [-0.39, 0.29) is 16.7 Å². The minimum absolute atomic E-state index is 0.0953. The third kappa shape index (κ3) is 2.83. The molecule has 0 aliphatic rings. The van der Waals surface area contributed by atoms with Crippen LogP contribution in [0.2, 0.25) is 0 Å². The van der Waals surface area contributed by atoms with Crippen LogP contribution in [0.1, 0.15) is 13.8 Å². The molecule has 0 aliphatic heterocycles. The zero-order valence-electron chi connectivity index (χ0n) is 13.7. The number of imidazole rings is 1. The van der Waals surface area contributed by atoms with Crippen molar-refractivity contribution in [1.29, 1.82) is 0 Å². The van der Waals surface area contributed by atoms with Crippen LogP contribution in [0, 0.1) is 10.1 Å². The van der Waals surface area contributed by atoms with E-state index in [0.717, 1.165) is 32.2 Å². The quantitative estimate of drug-likeness (QED) is 0.386. The highest BCUT2D eigenvalue weighted by Crippen LogP contribution is 2.32. The Morgan fingerprint density at radius 1 is 1.20 bits per heavy atom. The summed E-state index contributed by atoms with van der Waals surface area (Å²) >= 11 is 1.44. The highest BCUT2D eigenvalue weighted by Gasteiger charge is 2.13. The molecular formula is C18H15N3O3S. The van der Waals surface area contributed by atoms with Gasteiger partial charge >= 0.3 is 0 Å². The topological polar surface area (TPSA) is 69.7 Å². The molecule has 2 heterocycles. The van der Waals surface area contributed by atoms with Crippen LogP contribution < -0.4 is 4.74 Å². The highest BCUT2D eigenvalue weighted by atomic mass is 32.1. The molecule has 0 atom stereocenters. The van der Waals surface area contributed by atoms with Crippen molar-refractivity contribution in [3.63, 3.8) is 0 Å². The second-order valence-electron chi connectivity index (χ2n) is 5.98. The van der Waals surface area contributed by atoms with Gasteiger partial charge in [0.15, 0.2) is 4.96 Å². The standard InChI is InChI=1S/C18H15N3O3S/c1-11(2)24-14-6-3-12(4-7-14)15-10-20-16-8-5-13(21(22)23)9-17(16)25-18(20)19-15/h3-11H,1-2H3. The Morgan fingerprint density at radius 3 is 2.64 bits per heavy atom. The fraction of sp³-hybridized carbons (Fsp3) is 0.167. The summed E-state index contributed by atoms with van der Waals surface area (Å²) in [5, 5.41) is 10.9. The number of rotatable bonds is 4. The van der Waals surface area contributed by atoms with Crippen LogP contribution in [0.3, 0.4) is 0 Å². The molecular weight excluding hydrogens is 338 g/mol. The average molecular weight is 353 g/mol. The van der Waals surface area contributed by atoms with Gasteiger partial charge in [-0.25, -0.2) is 4.98 Å². The predicted octanol–water partition coefficient (Wildman–Crippen LogP) is 4.91. The van der Waals surface area contributed by atoms with Crippen LogP contribution in [-0.2, 0) is 0 Å². The molecule has 4 aromatic rings. The number of aromatic nitrogens is 2. The second-order valence-corrected chi connectivity index (χ2v) is 6.99. The van der Waals surface area contributed by atoms with Gasteiger partial charge in [0.1, 0.15) is 5.75 Å². The van der Waals surface area contributed by atoms with Gasteiger partial charge in [0.05, 0.1) is 26.9 Å². The summed E-state index contributed by atoms with van der Waals surface area (Å²) in [6, 6.07) is 12.7. The monoisotopic (exact) mass is 353 g/mol. The van der Waals surface area contributed by atoms with Gasteiger partial charge in [-0.05, 0) is 44.2 Å². The summed E-state index contributed by atoms with van der Waals surface area (Å²) in [6.45, 7) is 3.99. The number of thiazole rings is 1. The molecule has 0 bridgehead atoms. The molecule has 25 heavy (non-hydrogen) atoms. The van der Waals surface area contributed by atoms with Crippen LogP contribution in [0.4, 0.5) is 5.69 Å². The zero-order valence-corrected chi connectivity index (χ0v) is 14.5. The van der Waals surface area contributed by atoms with Gasteiger partial charge in [0.25, 0.3) is 5.69 Å². The van der Waals surface area contributed by atoms with Gasteiger partial charge < -0.3 is 4.74 Å². The molecule has 2 aromatic heterocycles. The van der Waals surface area contributed by atoms with Crippen molar-refractivity contribution < 1.29 is 9.66 Å². The molecule has 0 aliphatic carbocycles. The predicted molar refractivity (Wildman–Crippen MR) is 98.4 cm³/mol. The molecule has 7 heteroatoms. The Balaban J connectivity index is 1.73. The van der Waals surface area contributed by atoms with Crippen LogP contribution in [-0.4, -0.2) is 20.4 Å². The van der Waals surface area contributed by atoms with E-state index in [0.29, 0.717) is 0 Å². The van der Waals surface area contributed by atoms with Crippen LogP contribution in [0.15, 0.2) is 48.7 Å². The first-order valence-corrected chi connectivity index (χ1v) is 8.66. The lowest BCUT2D eigenvalue weighted by Gasteiger charge is -2.09. The number of nitrogens with zero attached hydrogens (tertiary/aromatic N) is 3. The van der Waals surface area contributed by atoms with Gasteiger partial charge in [0, 0.05) is 23.9 Å². The second kappa shape index (κ2) is 5.86. The maximum atomic E-state index is 10.9. The van der Waals surface area contributed by atoms with Crippen molar-refractivity contribution in [3.05, 3.63) is 58.8 Å². The molecule has 4 rings (SSSR count). The normalized spacial score (nSPS) is 11.5. The third-order valence-electron chi connectivity index (χ3n) is 3.81. The highest BCUT2D eigenvalue weighted by molar-refractivity contribution is 7.23. The Labute approximate surface area is 147 Å².